The summed E-state index contributed by atoms with van der Waals surface area (Å²) in [6, 6.07) is 11.9. The van der Waals surface area contributed by atoms with Gasteiger partial charge < -0.3 is 5.73 Å². The molecule has 22 heavy (non-hydrogen) atoms. The van der Waals surface area contributed by atoms with Gasteiger partial charge in [-0.25, -0.2) is 8.42 Å². The third-order valence-electron chi connectivity index (χ3n) is 4.74. The standard InChI is InChI=1S/C16H16N2O3S/c17-16(19)15-13-8-11(13)9-18(15)22(20,21)14-7-3-5-10-4-1-2-6-12(10)14/h1-7,11,13,15H,8-9H2,(H2,17,19)/t11-,13-,15+/m1/s1. The highest BCUT2D eigenvalue weighted by molar-refractivity contribution is 7.89. The molecule has 2 aromatic carbocycles. The topological polar surface area (TPSA) is 80.5 Å². The van der Waals surface area contributed by atoms with Crippen LogP contribution in [0.1, 0.15) is 6.42 Å². The van der Waals surface area contributed by atoms with E-state index in [9.17, 15) is 13.2 Å². The first-order valence-corrected chi connectivity index (χ1v) is 8.73. The molecular formula is C16H16N2O3S. The Labute approximate surface area is 128 Å². The van der Waals surface area contributed by atoms with Crippen LogP contribution in [0.15, 0.2) is 47.4 Å². The normalized spacial score (nSPS) is 27.7. The highest BCUT2D eigenvalue weighted by Crippen LogP contribution is 2.51. The lowest BCUT2D eigenvalue weighted by atomic mass is 10.1. The zero-order valence-electron chi connectivity index (χ0n) is 11.8. The largest absolute Gasteiger partial charge is 0.368 e. The SMILES string of the molecule is NC(=O)[C@@H]1[C@@H]2C[C@@H]2CN1S(=O)(=O)c1cccc2ccccc12. The Morgan fingerprint density at radius 1 is 1.14 bits per heavy atom. The molecular weight excluding hydrogens is 300 g/mol. The molecule has 0 bridgehead atoms. The minimum Gasteiger partial charge on any atom is -0.368 e. The Morgan fingerprint density at radius 3 is 2.64 bits per heavy atom. The summed E-state index contributed by atoms with van der Waals surface area (Å²) < 4.78 is 27.4. The number of amides is 1. The van der Waals surface area contributed by atoms with Crippen LogP contribution >= 0.6 is 0 Å². The summed E-state index contributed by atoms with van der Waals surface area (Å²) >= 11 is 0. The predicted molar refractivity (Wildman–Crippen MR) is 82.4 cm³/mol. The van der Waals surface area contributed by atoms with Crippen LogP contribution in [0.5, 0.6) is 0 Å². The number of rotatable bonds is 3. The maximum Gasteiger partial charge on any atom is 0.244 e. The van der Waals surface area contributed by atoms with E-state index in [0.717, 1.165) is 11.8 Å². The van der Waals surface area contributed by atoms with Crippen LogP contribution in [-0.4, -0.2) is 31.2 Å². The fourth-order valence-corrected chi connectivity index (χ4v) is 5.49. The maximum absolute atomic E-state index is 13.0. The Kier molecular flexibility index (Phi) is 2.83. The van der Waals surface area contributed by atoms with E-state index in [1.165, 1.54) is 4.31 Å². The van der Waals surface area contributed by atoms with Crippen molar-refractivity contribution in [1.82, 2.24) is 4.31 Å². The smallest absolute Gasteiger partial charge is 0.244 e. The van der Waals surface area contributed by atoms with E-state index < -0.39 is 22.0 Å². The van der Waals surface area contributed by atoms with Crippen molar-refractivity contribution in [2.75, 3.05) is 6.54 Å². The molecule has 1 heterocycles. The van der Waals surface area contributed by atoms with Crippen molar-refractivity contribution in [2.45, 2.75) is 17.4 Å². The highest BCUT2D eigenvalue weighted by Gasteiger charge is 2.58. The fraction of sp³-hybridized carbons (Fsp3) is 0.312. The van der Waals surface area contributed by atoms with Gasteiger partial charge in [0.15, 0.2) is 0 Å². The Morgan fingerprint density at radius 2 is 1.86 bits per heavy atom. The number of hydrogen-bond donors (Lipinski definition) is 1. The summed E-state index contributed by atoms with van der Waals surface area (Å²) in [6.45, 7) is 0.393. The molecule has 1 saturated heterocycles. The van der Waals surface area contributed by atoms with Crippen molar-refractivity contribution in [3.8, 4) is 0 Å². The zero-order chi connectivity index (χ0) is 15.5. The number of fused-ring (bicyclic) bond motifs is 2. The van der Waals surface area contributed by atoms with E-state index in [1.54, 1.807) is 18.2 Å². The van der Waals surface area contributed by atoms with E-state index in [0.29, 0.717) is 11.9 Å². The minimum atomic E-state index is -3.73. The van der Waals surface area contributed by atoms with E-state index in [2.05, 4.69) is 0 Å². The van der Waals surface area contributed by atoms with E-state index in [4.69, 9.17) is 5.73 Å². The summed E-state index contributed by atoms with van der Waals surface area (Å²) in [5.41, 5.74) is 5.45. The van der Waals surface area contributed by atoms with Gasteiger partial charge >= 0.3 is 0 Å². The molecule has 1 aliphatic heterocycles. The first-order chi connectivity index (χ1) is 10.5. The summed E-state index contributed by atoms with van der Waals surface area (Å²) in [6.07, 6.45) is 0.898. The molecule has 0 radical (unpaired) electrons. The molecule has 4 rings (SSSR count). The van der Waals surface area contributed by atoms with Gasteiger partial charge in [0, 0.05) is 11.9 Å². The van der Waals surface area contributed by atoms with Crippen LogP contribution in [0.4, 0.5) is 0 Å². The number of carbonyl (C=O) groups excluding carboxylic acids is 1. The van der Waals surface area contributed by atoms with Crippen LogP contribution < -0.4 is 5.73 Å². The fourth-order valence-electron chi connectivity index (χ4n) is 3.57. The summed E-state index contributed by atoms with van der Waals surface area (Å²) in [4.78, 5) is 12.0. The molecule has 1 aliphatic carbocycles. The average Bonchev–Trinajstić information content (AvgIpc) is 3.15. The van der Waals surface area contributed by atoms with Crippen molar-refractivity contribution < 1.29 is 13.2 Å². The number of piperidine rings is 1. The molecule has 3 atom stereocenters. The zero-order valence-corrected chi connectivity index (χ0v) is 12.7. The third-order valence-corrected chi connectivity index (χ3v) is 6.64. The van der Waals surface area contributed by atoms with Gasteiger partial charge in [-0.1, -0.05) is 36.4 Å². The van der Waals surface area contributed by atoms with Gasteiger partial charge in [-0.15, -0.1) is 0 Å². The molecule has 0 unspecified atom stereocenters. The van der Waals surface area contributed by atoms with Gasteiger partial charge in [-0.2, -0.15) is 4.31 Å². The number of primary amides is 1. The van der Waals surface area contributed by atoms with E-state index in [1.807, 2.05) is 24.3 Å². The van der Waals surface area contributed by atoms with Crippen LogP contribution in [0, 0.1) is 11.8 Å². The highest BCUT2D eigenvalue weighted by atomic mass is 32.2. The Bertz CT molecular complexity index is 873. The van der Waals surface area contributed by atoms with Crippen LogP contribution in [0.3, 0.4) is 0 Å². The van der Waals surface area contributed by atoms with E-state index >= 15 is 0 Å². The van der Waals surface area contributed by atoms with Crippen LogP contribution in [0.2, 0.25) is 0 Å². The number of sulfonamides is 1. The van der Waals surface area contributed by atoms with Crippen molar-refractivity contribution in [1.29, 1.82) is 0 Å². The van der Waals surface area contributed by atoms with E-state index in [-0.39, 0.29) is 16.7 Å². The molecule has 0 aromatic heterocycles. The molecule has 0 spiro atoms. The van der Waals surface area contributed by atoms with Gasteiger partial charge in [-0.3, -0.25) is 4.79 Å². The molecule has 1 saturated carbocycles. The summed E-state index contributed by atoms with van der Waals surface area (Å²) in [5.74, 6) is -0.168. The van der Waals surface area contributed by atoms with Gasteiger partial charge in [-0.05, 0) is 29.7 Å². The second-order valence-electron chi connectivity index (χ2n) is 6.06. The van der Waals surface area contributed by atoms with Gasteiger partial charge in [0.05, 0.1) is 4.90 Å². The van der Waals surface area contributed by atoms with Gasteiger partial charge in [0.2, 0.25) is 15.9 Å². The first-order valence-electron chi connectivity index (χ1n) is 7.29. The molecule has 2 aromatic rings. The Hall–Kier alpha value is -1.92. The molecule has 1 amide bonds. The Balaban J connectivity index is 1.85. The number of hydrogen-bond acceptors (Lipinski definition) is 3. The van der Waals surface area contributed by atoms with Crippen LogP contribution in [0.25, 0.3) is 10.8 Å². The van der Waals surface area contributed by atoms with Crippen molar-refractivity contribution in [3.63, 3.8) is 0 Å². The lowest BCUT2D eigenvalue weighted by molar-refractivity contribution is -0.121. The molecule has 2 N–H and O–H groups in total. The molecule has 5 nitrogen and oxygen atoms in total. The average molecular weight is 316 g/mol. The van der Waals surface area contributed by atoms with Gasteiger partial charge in [0.25, 0.3) is 0 Å². The molecule has 2 fully saturated rings. The molecule has 114 valence electrons. The van der Waals surface area contributed by atoms with Crippen LogP contribution in [-0.2, 0) is 14.8 Å². The maximum atomic E-state index is 13.0. The quantitative estimate of drug-likeness (QED) is 0.927. The lowest BCUT2D eigenvalue weighted by Gasteiger charge is -2.25. The number of nitrogens with zero attached hydrogens (tertiary/aromatic N) is 1. The number of nitrogens with two attached hydrogens (primary N) is 1. The van der Waals surface area contributed by atoms with Crippen molar-refractivity contribution in [2.24, 2.45) is 17.6 Å². The van der Waals surface area contributed by atoms with Crippen molar-refractivity contribution in [3.05, 3.63) is 42.5 Å². The second kappa shape index (κ2) is 4.54. The monoisotopic (exact) mass is 316 g/mol. The third kappa shape index (κ3) is 1.87. The minimum absolute atomic E-state index is 0.0993. The summed E-state index contributed by atoms with van der Waals surface area (Å²) in [7, 11) is -3.73. The number of carbonyl (C=O) groups is 1. The summed E-state index contributed by atoms with van der Waals surface area (Å²) in [5, 5.41) is 1.54. The number of benzene rings is 2. The van der Waals surface area contributed by atoms with Crippen molar-refractivity contribution >= 4 is 26.7 Å². The van der Waals surface area contributed by atoms with Gasteiger partial charge in [0.1, 0.15) is 6.04 Å². The molecule has 2 aliphatic rings. The predicted octanol–water partition coefficient (Wildman–Crippen LogP) is 1.33. The lowest BCUT2D eigenvalue weighted by Crippen LogP contribution is -2.46. The molecule has 6 heteroatoms. The second-order valence-corrected chi connectivity index (χ2v) is 7.92. The first kappa shape index (κ1) is 13.7.